The van der Waals surface area contributed by atoms with Gasteiger partial charge in [-0.3, -0.25) is 0 Å². The van der Waals surface area contributed by atoms with Crippen molar-refractivity contribution in [3.63, 3.8) is 0 Å². The van der Waals surface area contributed by atoms with E-state index in [-0.39, 0.29) is 11.6 Å². The Balaban J connectivity index is 1.97. The number of urea groups is 1. The summed E-state index contributed by atoms with van der Waals surface area (Å²) >= 11 is 0. The first kappa shape index (κ1) is 12.2. The molecule has 2 rings (SSSR count). The third-order valence-corrected chi connectivity index (χ3v) is 3.43. The zero-order valence-corrected chi connectivity index (χ0v) is 9.94. The van der Waals surface area contributed by atoms with E-state index in [1.54, 1.807) is 0 Å². The quantitative estimate of drug-likeness (QED) is 0.735. The highest BCUT2D eigenvalue weighted by Crippen LogP contribution is 2.21. The number of ether oxygens (including phenoxy) is 1. The zero-order valence-electron chi connectivity index (χ0n) is 9.94. The number of rotatable bonds is 2. The van der Waals surface area contributed by atoms with Gasteiger partial charge in [0.15, 0.2) is 0 Å². The molecule has 17 heavy (non-hydrogen) atoms. The van der Waals surface area contributed by atoms with Crippen molar-refractivity contribution in [1.29, 1.82) is 0 Å². The van der Waals surface area contributed by atoms with E-state index in [1.165, 1.54) is 4.90 Å². The highest BCUT2D eigenvalue weighted by molar-refractivity contribution is 5.83. The molecule has 2 heterocycles. The maximum Gasteiger partial charge on any atom is 0.326 e. The molecule has 0 aromatic heterocycles. The average molecular weight is 242 g/mol. The molecular formula is C11H18N2O4. The van der Waals surface area contributed by atoms with Crippen LogP contribution in [-0.4, -0.2) is 53.3 Å². The fourth-order valence-corrected chi connectivity index (χ4v) is 2.36. The van der Waals surface area contributed by atoms with Crippen LogP contribution in [0.25, 0.3) is 0 Å². The highest BCUT2D eigenvalue weighted by Gasteiger charge is 2.38. The maximum absolute atomic E-state index is 12.0. The Morgan fingerprint density at radius 1 is 1.53 bits per heavy atom. The van der Waals surface area contributed by atoms with Gasteiger partial charge in [-0.2, -0.15) is 0 Å². The molecule has 96 valence electrons. The molecule has 6 heteroatoms. The minimum absolute atomic E-state index is 0.289. The van der Waals surface area contributed by atoms with Gasteiger partial charge in [-0.1, -0.05) is 0 Å². The van der Waals surface area contributed by atoms with Gasteiger partial charge < -0.3 is 20.1 Å². The first-order valence-corrected chi connectivity index (χ1v) is 5.91. The van der Waals surface area contributed by atoms with E-state index in [0.717, 1.165) is 12.8 Å². The van der Waals surface area contributed by atoms with E-state index in [2.05, 4.69) is 5.32 Å². The van der Waals surface area contributed by atoms with Crippen LogP contribution in [0, 0.1) is 0 Å². The first-order chi connectivity index (χ1) is 8.02. The first-order valence-electron chi connectivity index (χ1n) is 5.91. The lowest BCUT2D eigenvalue weighted by atomic mass is 10.0. The van der Waals surface area contributed by atoms with Crippen molar-refractivity contribution in [3.8, 4) is 0 Å². The second-order valence-electron chi connectivity index (χ2n) is 4.98. The second-order valence-corrected chi connectivity index (χ2v) is 4.98. The fraction of sp³-hybridized carbons (Fsp3) is 0.818. The topological polar surface area (TPSA) is 78.9 Å². The number of carboxylic acid groups (broad SMARTS) is 1. The number of carboxylic acids is 1. The SMILES string of the molecule is CC1(NC(=O)N2CCCC2C(=O)O)CCOC1. The van der Waals surface area contributed by atoms with Crippen molar-refractivity contribution < 1.29 is 19.4 Å². The molecule has 0 aromatic rings. The number of amides is 2. The van der Waals surface area contributed by atoms with Gasteiger partial charge in [0, 0.05) is 13.2 Å². The van der Waals surface area contributed by atoms with Crippen LogP contribution in [0.15, 0.2) is 0 Å². The Morgan fingerprint density at radius 3 is 2.88 bits per heavy atom. The molecule has 6 nitrogen and oxygen atoms in total. The van der Waals surface area contributed by atoms with Crippen molar-refractivity contribution in [2.45, 2.75) is 37.8 Å². The van der Waals surface area contributed by atoms with E-state index >= 15 is 0 Å². The van der Waals surface area contributed by atoms with Crippen LogP contribution in [0.3, 0.4) is 0 Å². The standard InChI is InChI=1S/C11H18N2O4/c1-11(4-6-17-7-11)12-10(16)13-5-2-3-8(13)9(14)15/h8H,2-7H2,1H3,(H,12,16)(H,14,15). The van der Waals surface area contributed by atoms with Crippen LogP contribution < -0.4 is 5.32 Å². The van der Waals surface area contributed by atoms with Crippen molar-refractivity contribution >= 4 is 12.0 Å². The third kappa shape index (κ3) is 2.52. The monoisotopic (exact) mass is 242 g/mol. The molecule has 0 saturated carbocycles. The molecule has 0 aromatic carbocycles. The number of hydrogen-bond donors (Lipinski definition) is 2. The van der Waals surface area contributed by atoms with Crippen molar-refractivity contribution in [2.24, 2.45) is 0 Å². The predicted molar refractivity (Wildman–Crippen MR) is 59.7 cm³/mol. The number of hydrogen-bond acceptors (Lipinski definition) is 3. The number of aliphatic carboxylic acids is 1. The van der Waals surface area contributed by atoms with Crippen LogP contribution in [0.1, 0.15) is 26.2 Å². The third-order valence-electron chi connectivity index (χ3n) is 3.43. The smallest absolute Gasteiger partial charge is 0.326 e. The predicted octanol–water partition coefficient (Wildman–Crippen LogP) is 0.424. The van der Waals surface area contributed by atoms with E-state index in [0.29, 0.717) is 26.2 Å². The van der Waals surface area contributed by atoms with Gasteiger partial charge in [0.1, 0.15) is 6.04 Å². The molecule has 2 fully saturated rings. The van der Waals surface area contributed by atoms with E-state index in [4.69, 9.17) is 9.84 Å². The Hall–Kier alpha value is -1.30. The molecule has 0 aliphatic carbocycles. The molecule has 0 bridgehead atoms. The van der Waals surface area contributed by atoms with Crippen molar-refractivity contribution in [3.05, 3.63) is 0 Å². The van der Waals surface area contributed by atoms with Gasteiger partial charge in [-0.15, -0.1) is 0 Å². The van der Waals surface area contributed by atoms with E-state index in [9.17, 15) is 9.59 Å². The summed E-state index contributed by atoms with van der Waals surface area (Å²) in [7, 11) is 0. The summed E-state index contributed by atoms with van der Waals surface area (Å²) in [5, 5.41) is 11.9. The Labute approximate surface area is 99.9 Å². The lowest BCUT2D eigenvalue weighted by molar-refractivity contribution is -0.141. The van der Waals surface area contributed by atoms with Crippen molar-refractivity contribution in [1.82, 2.24) is 10.2 Å². The maximum atomic E-state index is 12.0. The van der Waals surface area contributed by atoms with Gasteiger partial charge in [-0.25, -0.2) is 9.59 Å². The minimum Gasteiger partial charge on any atom is -0.480 e. The summed E-state index contributed by atoms with van der Waals surface area (Å²) in [5.41, 5.74) is -0.358. The van der Waals surface area contributed by atoms with Crippen LogP contribution in [-0.2, 0) is 9.53 Å². The van der Waals surface area contributed by atoms with Gasteiger partial charge >= 0.3 is 12.0 Å². The van der Waals surface area contributed by atoms with Crippen LogP contribution in [0.4, 0.5) is 4.79 Å². The van der Waals surface area contributed by atoms with Crippen LogP contribution in [0.2, 0.25) is 0 Å². The van der Waals surface area contributed by atoms with Crippen LogP contribution >= 0.6 is 0 Å². The summed E-state index contributed by atoms with van der Waals surface area (Å²) in [5.74, 6) is -0.925. The molecule has 2 saturated heterocycles. The largest absolute Gasteiger partial charge is 0.480 e. The summed E-state index contributed by atoms with van der Waals surface area (Å²) in [6.07, 6.45) is 2.05. The molecule has 2 atom stereocenters. The van der Waals surface area contributed by atoms with E-state index in [1.807, 2.05) is 6.92 Å². The zero-order chi connectivity index (χ0) is 12.5. The van der Waals surface area contributed by atoms with Gasteiger partial charge in [-0.05, 0) is 26.2 Å². The van der Waals surface area contributed by atoms with Gasteiger partial charge in [0.05, 0.1) is 12.1 Å². The Bertz CT molecular complexity index is 325. The molecule has 0 radical (unpaired) electrons. The summed E-state index contributed by atoms with van der Waals surface area (Å²) in [4.78, 5) is 24.4. The Kier molecular flexibility index (Phi) is 3.24. The molecule has 2 aliphatic rings. The number of carbonyl (C=O) groups is 2. The summed E-state index contributed by atoms with van der Waals surface area (Å²) in [6.45, 7) is 3.56. The summed E-state index contributed by atoms with van der Waals surface area (Å²) in [6, 6.07) is -0.969. The lowest BCUT2D eigenvalue weighted by Crippen LogP contribution is -2.54. The van der Waals surface area contributed by atoms with Gasteiger partial charge in [0.25, 0.3) is 0 Å². The number of nitrogens with one attached hydrogen (secondary N) is 1. The number of likely N-dealkylation sites (tertiary alicyclic amines) is 1. The number of nitrogens with zero attached hydrogens (tertiary/aromatic N) is 1. The Morgan fingerprint density at radius 2 is 2.29 bits per heavy atom. The number of carbonyl (C=O) groups excluding carboxylic acids is 1. The normalized spacial score (nSPS) is 32.8. The fourth-order valence-electron chi connectivity index (χ4n) is 2.36. The molecule has 2 unspecified atom stereocenters. The van der Waals surface area contributed by atoms with Crippen LogP contribution in [0.5, 0.6) is 0 Å². The summed E-state index contributed by atoms with van der Waals surface area (Å²) < 4.78 is 5.25. The molecule has 2 aliphatic heterocycles. The molecule has 2 amide bonds. The molecular weight excluding hydrogens is 224 g/mol. The van der Waals surface area contributed by atoms with Gasteiger partial charge in [0.2, 0.25) is 0 Å². The highest BCUT2D eigenvalue weighted by atomic mass is 16.5. The lowest BCUT2D eigenvalue weighted by Gasteiger charge is -2.29. The molecule has 2 N–H and O–H groups in total. The molecule has 0 spiro atoms. The van der Waals surface area contributed by atoms with E-state index < -0.39 is 12.0 Å². The second kappa shape index (κ2) is 4.52. The van der Waals surface area contributed by atoms with Crippen molar-refractivity contribution in [2.75, 3.05) is 19.8 Å². The average Bonchev–Trinajstić information content (AvgIpc) is 2.85. The minimum atomic E-state index is -0.925.